The summed E-state index contributed by atoms with van der Waals surface area (Å²) in [6, 6.07) is 4.92. The molecule has 15 heavy (non-hydrogen) atoms. The molecule has 0 aromatic heterocycles. The molecule has 0 fully saturated rings. The van der Waals surface area contributed by atoms with Gasteiger partial charge in [0, 0.05) is 13.2 Å². The minimum absolute atomic E-state index is 0.0537. The van der Waals surface area contributed by atoms with Crippen molar-refractivity contribution < 1.29 is 14.9 Å². The SMILES string of the molecule is CCCOCCCc1ccc(O)c(O)c1. The van der Waals surface area contributed by atoms with E-state index in [1.54, 1.807) is 6.07 Å². The molecule has 84 valence electrons. The maximum Gasteiger partial charge on any atom is 0.157 e. The van der Waals surface area contributed by atoms with E-state index in [4.69, 9.17) is 9.84 Å². The van der Waals surface area contributed by atoms with Gasteiger partial charge < -0.3 is 14.9 Å². The summed E-state index contributed by atoms with van der Waals surface area (Å²) in [4.78, 5) is 0. The fourth-order valence-electron chi connectivity index (χ4n) is 1.35. The predicted octanol–water partition coefficient (Wildman–Crippen LogP) is 2.46. The second-order valence-electron chi connectivity index (χ2n) is 3.54. The molecule has 0 amide bonds. The lowest BCUT2D eigenvalue weighted by Gasteiger charge is -2.04. The highest BCUT2D eigenvalue weighted by Crippen LogP contribution is 2.25. The fourth-order valence-corrected chi connectivity index (χ4v) is 1.35. The summed E-state index contributed by atoms with van der Waals surface area (Å²) in [6.07, 6.45) is 2.84. The van der Waals surface area contributed by atoms with Crippen LogP contribution in [0.4, 0.5) is 0 Å². The molecule has 3 nitrogen and oxygen atoms in total. The van der Waals surface area contributed by atoms with Gasteiger partial charge in [-0.25, -0.2) is 0 Å². The first-order valence-corrected chi connectivity index (χ1v) is 5.32. The average Bonchev–Trinajstić information content (AvgIpc) is 2.23. The predicted molar refractivity (Wildman–Crippen MR) is 59.2 cm³/mol. The van der Waals surface area contributed by atoms with Crippen molar-refractivity contribution in [1.29, 1.82) is 0 Å². The van der Waals surface area contributed by atoms with E-state index in [0.717, 1.165) is 38.0 Å². The van der Waals surface area contributed by atoms with Gasteiger partial charge in [0.2, 0.25) is 0 Å². The molecule has 0 aliphatic rings. The highest BCUT2D eigenvalue weighted by molar-refractivity contribution is 5.40. The standard InChI is InChI=1S/C12H18O3/c1-2-7-15-8-3-4-10-5-6-11(13)12(14)9-10/h5-6,9,13-14H,2-4,7-8H2,1H3. The normalized spacial score (nSPS) is 10.5. The molecule has 3 heteroatoms. The minimum Gasteiger partial charge on any atom is -0.504 e. The highest BCUT2D eigenvalue weighted by Gasteiger charge is 2.00. The molecule has 0 unspecified atom stereocenters. The maximum atomic E-state index is 9.26. The number of aryl methyl sites for hydroxylation is 1. The Morgan fingerprint density at radius 2 is 1.93 bits per heavy atom. The van der Waals surface area contributed by atoms with Gasteiger partial charge in [-0.3, -0.25) is 0 Å². The second kappa shape index (κ2) is 6.30. The molecule has 1 rings (SSSR count). The Labute approximate surface area is 90.3 Å². The first-order chi connectivity index (χ1) is 7.24. The molecular formula is C12H18O3. The summed E-state index contributed by atoms with van der Waals surface area (Å²) in [5.74, 6) is -0.122. The number of phenols is 2. The highest BCUT2D eigenvalue weighted by atomic mass is 16.5. The summed E-state index contributed by atoms with van der Waals surface area (Å²) in [7, 11) is 0. The van der Waals surface area contributed by atoms with Gasteiger partial charge >= 0.3 is 0 Å². The van der Waals surface area contributed by atoms with E-state index < -0.39 is 0 Å². The monoisotopic (exact) mass is 210 g/mol. The van der Waals surface area contributed by atoms with Gasteiger partial charge in [-0.15, -0.1) is 0 Å². The number of hydrogen-bond donors (Lipinski definition) is 2. The van der Waals surface area contributed by atoms with Crippen molar-refractivity contribution in [2.75, 3.05) is 13.2 Å². The molecule has 0 aliphatic carbocycles. The lowest BCUT2D eigenvalue weighted by atomic mass is 10.1. The lowest BCUT2D eigenvalue weighted by Crippen LogP contribution is -1.97. The Hall–Kier alpha value is -1.22. The van der Waals surface area contributed by atoms with E-state index in [1.165, 1.54) is 6.07 Å². The summed E-state index contributed by atoms with van der Waals surface area (Å²) in [6.45, 7) is 3.63. The van der Waals surface area contributed by atoms with Gasteiger partial charge in [-0.2, -0.15) is 0 Å². The van der Waals surface area contributed by atoms with Crippen molar-refractivity contribution in [2.45, 2.75) is 26.2 Å². The van der Waals surface area contributed by atoms with Crippen molar-refractivity contribution in [2.24, 2.45) is 0 Å². The molecule has 0 aliphatic heterocycles. The van der Waals surface area contributed by atoms with Crippen LogP contribution in [0, 0.1) is 0 Å². The van der Waals surface area contributed by atoms with Gasteiger partial charge in [-0.05, 0) is 37.0 Å². The van der Waals surface area contributed by atoms with Crippen LogP contribution in [0.25, 0.3) is 0 Å². The Balaban J connectivity index is 2.28. The minimum atomic E-state index is -0.0685. The van der Waals surface area contributed by atoms with E-state index in [0.29, 0.717) is 0 Å². The van der Waals surface area contributed by atoms with Crippen LogP contribution in [0.1, 0.15) is 25.3 Å². The largest absolute Gasteiger partial charge is 0.504 e. The topological polar surface area (TPSA) is 49.7 Å². The van der Waals surface area contributed by atoms with Crippen LogP contribution in [0.15, 0.2) is 18.2 Å². The molecule has 2 N–H and O–H groups in total. The molecule has 0 saturated heterocycles. The zero-order valence-corrected chi connectivity index (χ0v) is 9.07. The van der Waals surface area contributed by atoms with E-state index in [-0.39, 0.29) is 11.5 Å². The molecule has 1 aromatic carbocycles. The van der Waals surface area contributed by atoms with Crippen molar-refractivity contribution in [1.82, 2.24) is 0 Å². The van der Waals surface area contributed by atoms with Crippen LogP contribution in [-0.2, 0) is 11.2 Å². The summed E-state index contributed by atoms with van der Waals surface area (Å²) < 4.78 is 5.35. The summed E-state index contributed by atoms with van der Waals surface area (Å²) in [5, 5.41) is 18.4. The number of aromatic hydroxyl groups is 2. The Kier molecular flexibility index (Phi) is 4.98. The van der Waals surface area contributed by atoms with E-state index in [9.17, 15) is 5.11 Å². The van der Waals surface area contributed by atoms with Crippen molar-refractivity contribution >= 4 is 0 Å². The number of benzene rings is 1. The summed E-state index contributed by atoms with van der Waals surface area (Å²) >= 11 is 0. The van der Waals surface area contributed by atoms with Gasteiger partial charge in [0.1, 0.15) is 0 Å². The lowest BCUT2D eigenvalue weighted by molar-refractivity contribution is 0.132. The fraction of sp³-hybridized carbons (Fsp3) is 0.500. The molecule has 0 saturated carbocycles. The average molecular weight is 210 g/mol. The number of ether oxygens (including phenoxy) is 1. The van der Waals surface area contributed by atoms with Crippen LogP contribution in [0.3, 0.4) is 0 Å². The number of rotatable bonds is 6. The van der Waals surface area contributed by atoms with Crippen LogP contribution in [0.2, 0.25) is 0 Å². The zero-order chi connectivity index (χ0) is 11.1. The van der Waals surface area contributed by atoms with Gasteiger partial charge in [0.25, 0.3) is 0 Å². The van der Waals surface area contributed by atoms with Crippen LogP contribution < -0.4 is 0 Å². The summed E-state index contributed by atoms with van der Waals surface area (Å²) in [5.41, 5.74) is 1.02. The Morgan fingerprint density at radius 1 is 1.13 bits per heavy atom. The van der Waals surface area contributed by atoms with Crippen molar-refractivity contribution in [3.05, 3.63) is 23.8 Å². The first kappa shape index (κ1) is 11.9. The number of hydrogen-bond acceptors (Lipinski definition) is 3. The molecule has 0 bridgehead atoms. The molecule has 1 aromatic rings. The van der Waals surface area contributed by atoms with Crippen LogP contribution >= 0.6 is 0 Å². The molecule has 0 atom stereocenters. The van der Waals surface area contributed by atoms with Crippen molar-refractivity contribution in [3.8, 4) is 11.5 Å². The quantitative estimate of drug-likeness (QED) is 0.560. The second-order valence-corrected chi connectivity index (χ2v) is 3.54. The maximum absolute atomic E-state index is 9.26. The van der Waals surface area contributed by atoms with E-state index in [2.05, 4.69) is 6.92 Å². The molecule has 0 heterocycles. The van der Waals surface area contributed by atoms with E-state index in [1.807, 2.05) is 6.07 Å². The Morgan fingerprint density at radius 3 is 2.60 bits per heavy atom. The zero-order valence-electron chi connectivity index (χ0n) is 9.07. The first-order valence-electron chi connectivity index (χ1n) is 5.32. The third-order valence-electron chi connectivity index (χ3n) is 2.14. The van der Waals surface area contributed by atoms with Gasteiger partial charge in [0.05, 0.1) is 0 Å². The van der Waals surface area contributed by atoms with Crippen LogP contribution in [-0.4, -0.2) is 23.4 Å². The molecular weight excluding hydrogens is 192 g/mol. The third kappa shape index (κ3) is 4.21. The van der Waals surface area contributed by atoms with Gasteiger partial charge in [-0.1, -0.05) is 13.0 Å². The van der Waals surface area contributed by atoms with Gasteiger partial charge in [0.15, 0.2) is 11.5 Å². The smallest absolute Gasteiger partial charge is 0.157 e. The van der Waals surface area contributed by atoms with Crippen molar-refractivity contribution in [3.63, 3.8) is 0 Å². The van der Waals surface area contributed by atoms with Crippen LogP contribution in [0.5, 0.6) is 11.5 Å². The number of phenolic OH excluding ortho intramolecular Hbond substituents is 2. The molecule has 0 radical (unpaired) electrons. The Bertz CT molecular complexity index is 297. The third-order valence-corrected chi connectivity index (χ3v) is 2.14. The van der Waals surface area contributed by atoms with E-state index >= 15 is 0 Å². The molecule has 0 spiro atoms.